The minimum absolute atomic E-state index is 0.0942. The molecular formula is C8H19N3O3S. The monoisotopic (exact) mass is 237 g/mol. The van der Waals surface area contributed by atoms with Crippen LogP contribution in [0.3, 0.4) is 0 Å². The van der Waals surface area contributed by atoms with Crippen LogP contribution in [-0.4, -0.2) is 46.3 Å². The van der Waals surface area contributed by atoms with Gasteiger partial charge >= 0.3 is 0 Å². The van der Waals surface area contributed by atoms with E-state index >= 15 is 0 Å². The van der Waals surface area contributed by atoms with E-state index in [0.29, 0.717) is 6.54 Å². The van der Waals surface area contributed by atoms with E-state index in [9.17, 15) is 13.2 Å². The van der Waals surface area contributed by atoms with Gasteiger partial charge in [-0.05, 0) is 14.0 Å². The molecule has 0 aromatic rings. The Bertz CT molecular complexity index is 290. The van der Waals surface area contributed by atoms with E-state index in [1.54, 1.807) is 20.9 Å². The van der Waals surface area contributed by atoms with Gasteiger partial charge in [-0.1, -0.05) is 6.92 Å². The summed E-state index contributed by atoms with van der Waals surface area (Å²) in [6, 6.07) is -0.313. The summed E-state index contributed by atoms with van der Waals surface area (Å²) in [6.07, 6.45) is 0. The van der Waals surface area contributed by atoms with Gasteiger partial charge < -0.3 is 10.6 Å². The van der Waals surface area contributed by atoms with Gasteiger partial charge in [0.25, 0.3) is 0 Å². The smallest absolute Gasteiger partial charge is 0.236 e. The van der Waals surface area contributed by atoms with Crippen molar-refractivity contribution in [3.8, 4) is 0 Å². The summed E-state index contributed by atoms with van der Waals surface area (Å²) in [6.45, 7) is 3.90. The number of likely N-dealkylation sites (N-methyl/N-ethyl adjacent to an activating group) is 1. The standard InChI is InChI=1S/C8H19N3O3S/c1-4-11-15(13,14)6-5-10-8(12)7(2)9-3/h7,9,11H,4-6H2,1-3H3,(H,10,12). The molecule has 90 valence electrons. The van der Waals surface area contributed by atoms with Crippen LogP contribution in [0.25, 0.3) is 0 Å². The molecule has 0 aliphatic carbocycles. The fraction of sp³-hybridized carbons (Fsp3) is 0.875. The second-order valence-electron chi connectivity index (χ2n) is 3.12. The molecule has 0 aromatic heterocycles. The summed E-state index contributed by atoms with van der Waals surface area (Å²) in [5, 5.41) is 5.29. The van der Waals surface area contributed by atoms with Crippen molar-refractivity contribution in [2.24, 2.45) is 0 Å². The minimum Gasteiger partial charge on any atom is -0.354 e. The molecule has 0 aromatic carbocycles. The van der Waals surface area contributed by atoms with Gasteiger partial charge in [0.2, 0.25) is 15.9 Å². The lowest BCUT2D eigenvalue weighted by molar-refractivity contribution is -0.122. The molecule has 0 spiro atoms. The average Bonchev–Trinajstić information content (AvgIpc) is 2.15. The summed E-state index contributed by atoms with van der Waals surface area (Å²) < 4.78 is 24.7. The molecule has 0 saturated heterocycles. The minimum atomic E-state index is -3.24. The number of hydrogen-bond donors (Lipinski definition) is 3. The van der Waals surface area contributed by atoms with Crippen LogP contribution in [0.5, 0.6) is 0 Å². The predicted octanol–water partition coefficient (Wildman–Crippen LogP) is -1.35. The first-order valence-electron chi connectivity index (χ1n) is 4.85. The quantitative estimate of drug-likeness (QED) is 0.511. The van der Waals surface area contributed by atoms with Crippen molar-refractivity contribution in [3.63, 3.8) is 0 Å². The third-order valence-corrected chi connectivity index (χ3v) is 3.33. The summed E-state index contributed by atoms with van der Waals surface area (Å²) in [5.74, 6) is -0.299. The maximum atomic E-state index is 11.2. The normalized spacial score (nSPS) is 13.5. The molecule has 0 fully saturated rings. The van der Waals surface area contributed by atoms with Crippen LogP contribution in [0.2, 0.25) is 0 Å². The van der Waals surface area contributed by atoms with Crippen molar-refractivity contribution in [2.45, 2.75) is 19.9 Å². The number of amides is 1. The summed E-state index contributed by atoms with van der Waals surface area (Å²) in [5.41, 5.74) is 0. The lowest BCUT2D eigenvalue weighted by atomic mass is 10.3. The Morgan fingerprint density at radius 1 is 1.40 bits per heavy atom. The number of hydrogen-bond acceptors (Lipinski definition) is 4. The Kier molecular flexibility index (Phi) is 6.46. The number of carbonyl (C=O) groups is 1. The van der Waals surface area contributed by atoms with Crippen molar-refractivity contribution in [3.05, 3.63) is 0 Å². The highest BCUT2D eigenvalue weighted by atomic mass is 32.2. The lowest BCUT2D eigenvalue weighted by Crippen LogP contribution is -2.43. The maximum absolute atomic E-state index is 11.2. The molecule has 0 heterocycles. The van der Waals surface area contributed by atoms with Gasteiger partial charge in [0.15, 0.2) is 0 Å². The van der Waals surface area contributed by atoms with Gasteiger partial charge in [-0.2, -0.15) is 0 Å². The number of carbonyl (C=O) groups excluding carboxylic acids is 1. The average molecular weight is 237 g/mol. The van der Waals surface area contributed by atoms with Crippen LogP contribution in [0.1, 0.15) is 13.8 Å². The fourth-order valence-electron chi connectivity index (χ4n) is 0.885. The summed E-state index contributed by atoms with van der Waals surface area (Å²) in [4.78, 5) is 11.2. The first kappa shape index (κ1) is 14.3. The van der Waals surface area contributed by atoms with E-state index in [1.165, 1.54) is 0 Å². The van der Waals surface area contributed by atoms with E-state index in [-0.39, 0.29) is 24.2 Å². The molecule has 1 atom stereocenters. The van der Waals surface area contributed by atoms with Gasteiger partial charge in [-0.3, -0.25) is 4.79 Å². The number of rotatable bonds is 7. The van der Waals surface area contributed by atoms with Crippen LogP contribution in [0, 0.1) is 0 Å². The Balaban J connectivity index is 3.85. The van der Waals surface area contributed by atoms with Crippen LogP contribution in [0.15, 0.2) is 0 Å². The lowest BCUT2D eigenvalue weighted by Gasteiger charge is -2.11. The SMILES string of the molecule is CCNS(=O)(=O)CCNC(=O)C(C)NC. The highest BCUT2D eigenvalue weighted by Gasteiger charge is 2.12. The topological polar surface area (TPSA) is 87.3 Å². The summed E-state index contributed by atoms with van der Waals surface area (Å²) >= 11 is 0. The maximum Gasteiger partial charge on any atom is 0.236 e. The fourth-order valence-corrected chi connectivity index (χ4v) is 1.84. The van der Waals surface area contributed by atoms with Gasteiger partial charge in [-0.25, -0.2) is 13.1 Å². The highest BCUT2D eigenvalue weighted by Crippen LogP contribution is 1.83. The van der Waals surface area contributed by atoms with Gasteiger partial charge in [-0.15, -0.1) is 0 Å². The van der Waals surface area contributed by atoms with Crippen molar-refractivity contribution < 1.29 is 13.2 Å². The Hall–Kier alpha value is -0.660. The second kappa shape index (κ2) is 6.76. The molecule has 0 saturated carbocycles. The molecule has 0 bridgehead atoms. The van der Waals surface area contributed by atoms with Crippen molar-refractivity contribution >= 4 is 15.9 Å². The zero-order valence-corrected chi connectivity index (χ0v) is 10.1. The molecule has 6 nitrogen and oxygen atoms in total. The van der Waals surface area contributed by atoms with Crippen molar-refractivity contribution in [1.82, 2.24) is 15.4 Å². The van der Waals surface area contributed by atoms with Crippen LogP contribution in [0.4, 0.5) is 0 Å². The molecule has 0 aliphatic heterocycles. The van der Waals surface area contributed by atoms with E-state index < -0.39 is 10.0 Å². The molecule has 0 radical (unpaired) electrons. The number of nitrogens with one attached hydrogen (secondary N) is 3. The third kappa shape index (κ3) is 6.43. The Morgan fingerprint density at radius 3 is 2.47 bits per heavy atom. The molecule has 15 heavy (non-hydrogen) atoms. The van der Waals surface area contributed by atoms with Crippen LogP contribution < -0.4 is 15.4 Å². The predicted molar refractivity (Wildman–Crippen MR) is 59.0 cm³/mol. The molecule has 0 aliphatic rings. The van der Waals surface area contributed by atoms with E-state index in [1.807, 2.05) is 0 Å². The van der Waals surface area contributed by atoms with Gasteiger partial charge in [0.1, 0.15) is 0 Å². The van der Waals surface area contributed by atoms with E-state index in [2.05, 4.69) is 15.4 Å². The first-order valence-corrected chi connectivity index (χ1v) is 6.50. The third-order valence-electron chi connectivity index (χ3n) is 1.86. The zero-order valence-electron chi connectivity index (χ0n) is 9.33. The van der Waals surface area contributed by atoms with Gasteiger partial charge in [0, 0.05) is 13.1 Å². The van der Waals surface area contributed by atoms with Crippen LogP contribution in [-0.2, 0) is 14.8 Å². The molecule has 1 amide bonds. The molecule has 1 unspecified atom stereocenters. The first-order chi connectivity index (χ1) is 6.93. The largest absolute Gasteiger partial charge is 0.354 e. The van der Waals surface area contributed by atoms with Gasteiger partial charge in [0.05, 0.1) is 11.8 Å². The highest BCUT2D eigenvalue weighted by molar-refractivity contribution is 7.89. The van der Waals surface area contributed by atoms with E-state index in [4.69, 9.17) is 0 Å². The van der Waals surface area contributed by atoms with E-state index in [0.717, 1.165) is 0 Å². The van der Waals surface area contributed by atoms with Crippen molar-refractivity contribution in [1.29, 1.82) is 0 Å². The number of sulfonamides is 1. The van der Waals surface area contributed by atoms with Crippen LogP contribution >= 0.6 is 0 Å². The zero-order chi connectivity index (χ0) is 11.9. The molecule has 0 rings (SSSR count). The van der Waals surface area contributed by atoms with Crippen molar-refractivity contribution in [2.75, 3.05) is 25.9 Å². The second-order valence-corrected chi connectivity index (χ2v) is 5.04. The Labute approximate surface area is 90.9 Å². The molecular weight excluding hydrogens is 218 g/mol. The summed E-state index contributed by atoms with van der Waals surface area (Å²) in [7, 11) is -1.58. The Morgan fingerprint density at radius 2 is 2.00 bits per heavy atom. The molecule has 3 N–H and O–H groups in total. The molecule has 7 heteroatoms.